The zero-order valence-electron chi connectivity index (χ0n) is 12.3. The van der Waals surface area contributed by atoms with Crippen molar-refractivity contribution in [2.24, 2.45) is 0 Å². The van der Waals surface area contributed by atoms with Crippen molar-refractivity contribution < 1.29 is 4.74 Å². The lowest BCUT2D eigenvalue weighted by atomic mass is 10.0. The van der Waals surface area contributed by atoms with Gasteiger partial charge in [-0.15, -0.1) is 0 Å². The van der Waals surface area contributed by atoms with E-state index in [-0.39, 0.29) is 0 Å². The maximum Gasteiger partial charge on any atom is 0.246 e. The van der Waals surface area contributed by atoms with Gasteiger partial charge in [0, 0.05) is 7.05 Å². The first-order chi connectivity index (χ1) is 10.8. The van der Waals surface area contributed by atoms with Crippen LogP contribution in [-0.2, 0) is 0 Å². The molecule has 0 N–H and O–H groups in total. The van der Waals surface area contributed by atoms with Crippen LogP contribution in [0.25, 0.3) is 16.8 Å². The smallest absolute Gasteiger partial charge is 0.246 e. The van der Waals surface area contributed by atoms with E-state index in [1.165, 1.54) is 10.8 Å². The second-order valence-corrected chi connectivity index (χ2v) is 5.29. The summed E-state index contributed by atoms with van der Waals surface area (Å²) in [7, 11) is 1.99. The van der Waals surface area contributed by atoms with Crippen LogP contribution in [0.4, 0.5) is 5.69 Å². The summed E-state index contributed by atoms with van der Waals surface area (Å²) in [5.74, 6) is 1.59. The minimum atomic E-state index is 0.717. The molecule has 0 aromatic heterocycles. The highest BCUT2D eigenvalue weighted by molar-refractivity contribution is 5.90. The summed E-state index contributed by atoms with van der Waals surface area (Å²) in [5.41, 5.74) is 5.49. The first-order valence-corrected chi connectivity index (χ1v) is 7.28. The molecule has 22 heavy (non-hydrogen) atoms. The Morgan fingerprint density at radius 2 is 1.68 bits per heavy atom. The lowest BCUT2D eigenvalue weighted by Crippen LogP contribution is -2.12. The zero-order chi connectivity index (χ0) is 14.9. The van der Waals surface area contributed by atoms with Gasteiger partial charge in [0.1, 0.15) is 0 Å². The van der Waals surface area contributed by atoms with Gasteiger partial charge in [0.15, 0.2) is 5.75 Å². The van der Waals surface area contributed by atoms with Crippen molar-refractivity contribution in [3.63, 3.8) is 0 Å². The van der Waals surface area contributed by atoms with E-state index in [1.807, 2.05) is 42.3 Å². The lowest BCUT2D eigenvalue weighted by Gasteiger charge is -2.08. The number of benzene rings is 3. The summed E-state index contributed by atoms with van der Waals surface area (Å²) in [4.78, 5) is 2.01. The normalized spacial score (nSPS) is 12.8. The quantitative estimate of drug-likeness (QED) is 0.594. The topological polar surface area (TPSA) is 12.5 Å². The van der Waals surface area contributed by atoms with Crippen LogP contribution in [-0.4, -0.2) is 7.05 Å². The molecule has 0 atom stereocenters. The fourth-order valence-electron chi connectivity index (χ4n) is 2.74. The Morgan fingerprint density at radius 1 is 0.909 bits per heavy atom. The van der Waals surface area contributed by atoms with Gasteiger partial charge in [0.25, 0.3) is 0 Å². The number of ether oxygens (including phenoxy) is 1. The molecule has 2 heteroatoms. The average molecular weight is 285 g/mol. The number of hydrogen-bond donors (Lipinski definition) is 0. The predicted octanol–water partition coefficient (Wildman–Crippen LogP) is 4.82. The van der Waals surface area contributed by atoms with Gasteiger partial charge < -0.3 is 9.64 Å². The Balaban J connectivity index is 1.78. The summed E-state index contributed by atoms with van der Waals surface area (Å²) in [6, 6.07) is 22.6. The SMILES string of the molecule is CN1C(=C=Cc2cccc3ccccc23)Oc2ccccc21. The van der Waals surface area contributed by atoms with Crippen LogP contribution in [0.2, 0.25) is 0 Å². The van der Waals surface area contributed by atoms with Crippen molar-refractivity contribution in [1.29, 1.82) is 0 Å². The van der Waals surface area contributed by atoms with Crippen molar-refractivity contribution in [2.45, 2.75) is 0 Å². The van der Waals surface area contributed by atoms with E-state index in [0.29, 0.717) is 5.88 Å². The van der Waals surface area contributed by atoms with Crippen LogP contribution in [0.15, 0.2) is 78.3 Å². The van der Waals surface area contributed by atoms with Crippen LogP contribution in [0.1, 0.15) is 5.56 Å². The summed E-state index contributed by atoms with van der Waals surface area (Å²) >= 11 is 0. The van der Waals surface area contributed by atoms with E-state index in [0.717, 1.165) is 17.0 Å². The highest BCUT2D eigenvalue weighted by Gasteiger charge is 2.21. The lowest BCUT2D eigenvalue weighted by molar-refractivity contribution is 0.445. The molecule has 0 saturated carbocycles. The molecule has 0 amide bonds. The third-order valence-corrected chi connectivity index (χ3v) is 3.91. The number of fused-ring (bicyclic) bond motifs is 2. The van der Waals surface area contributed by atoms with Crippen LogP contribution in [0.3, 0.4) is 0 Å². The monoisotopic (exact) mass is 285 g/mol. The Morgan fingerprint density at radius 3 is 2.59 bits per heavy atom. The van der Waals surface area contributed by atoms with E-state index in [1.54, 1.807) is 0 Å². The van der Waals surface area contributed by atoms with Crippen molar-refractivity contribution >= 4 is 22.5 Å². The van der Waals surface area contributed by atoms with E-state index >= 15 is 0 Å². The van der Waals surface area contributed by atoms with Crippen LogP contribution < -0.4 is 9.64 Å². The third-order valence-electron chi connectivity index (χ3n) is 3.91. The van der Waals surface area contributed by atoms with Gasteiger partial charge in [-0.05, 0) is 34.5 Å². The van der Waals surface area contributed by atoms with Crippen LogP contribution in [0, 0.1) is 0 Å². The largest absolute Gasteiger partial charge is 0.432 e. The van der Waals surface area contributed by atoms with Crippen molar-refractivity contribution in [3.8, 4) is 5.75 Å². The van der Waals surface area contributed by atoms with Crippen molar-refractivity contribution in [3.05, 3.63) is 83.9 Å². The van der Waals surface area contributed by atoms with Crippen LogP contribution in [0.5, 0.6) is 5.75 Å². The molecular weight excluding hydrogens is 270 g/mol. The number of hydrogen-bond acceptors (Lipinski definition) is 2. The molecule has 3 aromatic rings. The predicted molar refractivity (Wildman–Crippen MR) is 90.9 cm³/mol. The molecule has 1 aliphatic heterocycles. The third kappa shape index (κ3) is 2.07. The summed E-state index contributed by atoms with van der Waals surface area (Å²) in [5, 5.41) is 2.45. The van der Waals surface area contributed by atoms with E-state index in [4.69, 9.17) is 4.74 Å². The highest BCUT2D eigenvalue weighted by Crippen LogP contribution is 2.36. The van der Waals surface area contributed by atoms with Crippen molar-refractivity contribution in [2.75, 3.05) is 11.9 Å². The standard InChI is InChI=1S/C20H15NO/c1-21-18-11-4-5-12-19(18)22-20(21)14-13-16-9-6-8-15-7-2-3-10-17(15)16/h2-13H,1H3. The maximum atomic E-state index is 5.85. The van der Waals surface area contributed by atoms with Gasteiger partial charge >= 0.3 is 0 Å². The Labute approximate surface area is 129 Å². The molecule has 0 radical (unpaired) electrons. The van der Waals surface area contributed by atoms with E-state index in [2.05, 4.69) is 48.2 Å². The molecule has 0 fully saturated rings. The zero-order valence-corrected chi connectivity index (χ0v) is 12.3. The maximum absolute atomic E-state index is 5.85. The summed E-state index contributed by atoms with van der Waals surface area (Å²) in [6.07, 6.45) is 1.99. The summed E-state index contributed by atoms with van der Waals surface area (Å²) < 4.78 is 5.85. The van der Waals surface area contributed by atoms with Gasteiger partial charge in [-0.3, -0.25) is 0 Å². The molecule has 0 spiro atoms. The van der Waals surface area contributed by atoms with Gasteiger partial charge in [-0.1, -0.05) is 60.3 Å². The van der Waals surface area contributed by atoms with Gasteiger partial charge in [0.2, 0.25) is 5.88 Å². The molecule has 4 rings (SSSR count). The molecule has 2 nitrogen and oxygen atoms in total. The summed E-state index contributed by atoms with van der Waals surface area (Å²) in [6.45, 7) is 0. The first kappa shape index (κ1) is 12.8. The molecule has 3 aromatic carbocycles. The Bertz CT molecular complexity index is 914. The minimum Gasteiger partial charge on any atom is -0.432 e. The highest BCUT2D eigenvalue weighted by atomic mass is 16.5. The number of rotatable bonds is 1. The number of para-hydroxylation sites is 2. The second-order valence-electron chi connectivity index (χ2n) is 5.29. The fourth-order valence-corrected chi connectivity index (χ4v) is 2.74. The van der Waals surface area contributed by atoms with Gasteiger partial charge in [-0.2, -0.15) is 0 Å². The molecule has 0 bridgehead atoms. The molecule has 1 heterocycles. The Hall–Kier alpha value is -2.96. The number of nitrogens with zero attached hydrogens (tertiary/aromatic N) is 1. The Kier molecular flexibility index (Phi) is 2.96. The minimum absolute atomic E-state index is 0.717. The molecular formula is C20H15NO. The molecule has 0 saturated heterocycles. The van der Waals surface area contributed by atoms with Crippen LogP contribution >= 0.6 is 0 Å². The average Bonchev–Trinajstić information content (AvgIpc) is 2.89. The molecule has 1 aliphatic rings. The molecule has 106 valence electrons. The van der Waals surface area contributed by atoms with Crippen molar-refractivity contribution in [1.82, 2.24) is 0 Å². The van der Waals surface area contributed by atoms with E-state index in [9.17, 15) is 0 Å². The van der Waals surface area contributed by atoms with E-state index < -0.39 is 0 Å². The fraction of sp³-hybridized carbons (Fsp3) is 0.0500. The molecule has 0 unspecified atom stereocenters. The first-order valence-electron chi connectivity index (χ1n) is 7.28. The number of anilines is 1. The molecule has 0 aliphatic carbocycles. The van der Waals surface area contributed by atoms with Gasteiger partial charge in [0.05, 0.1) is 5.69 Å². The van der Waals surface area contributed by atoms with Gasteiger partial charge in [-0.25, -0.2) is 0 Å². The second kappa shape index (κ2) is 5.10.